The van der Waals surface area contributed by atoms with E-state index in [4.69, 9.17) is 4.42 Å². The highest BCUT2D eigenvalue weighted by Crippen LogP contribution is 2.34. The second-order valence-electron chi connectivity index (χ2n) is 4.65. The number of hydrogen-bond donors (Lipinski definition) is 0. The van der Waals surface area contributed by atoms with Crippen LogP contribution in [0.15, 0.2) is 10.7 Å². The molecule has 1 aromatic rings. The third kappa shape index (κ3) is 1.08. The predicted octanol–water partition coefficient (Wildman–Crippen LogP) is 3.07. The summed E-state index contributed by atoms with van der Waals surface area (Å²) in [7, 11) is 0. The Balaban J connectivity index is 2.46. The van der Waals surface area contributed by atoms with Gasteiger partial charge >= 0.3 is 0 Å². The molecule has 0 amide bonds. The highest BCUT2D eigenvalue weighted by molar-refractivity contribution is 5.36. The standard InChI is InChI=1S/C11H16O/c1-11(2,3)9-7-12-10-6-4-5-8(9)10/h7H,4-6H2,1-3H3. The minimum atomic E-state index is 0.251. The highest BCUT2D eigenvalue weighted by Gasteiger charge is 2.25. The third-order valence-corrected chi connectivity index (χ3v) is 2.62. The number of hydrogen-bond acceptors (Lipinski definition) is 1. The zero-order valence-electron chi connectivity index (χ0n) is 8.11. The van der Waals surface area contributed by atoms with Crippen LogP contribution in [0.2, 0.25) is 0 Å². The van der Waals surface area contributed by atoms with E-state index < -0.39 is 0 Å². The summed E-state index contributed by atoms with van der Waals surface area (Å²) in [4.78, 5) is 0. The van der Waals surface area contributed by atoms with E-state index in [1.165, 1.54) is 29.7 Å². The van der Waals surface area contributed by atoms with Gasteiger partial charge in [-0.1, -0.05) is 20.8 Å². The lowest BCUT2D eigenvalue weighted by atomic mass is 9.86. The average molecular weight is 164 g/mol. The molecule has 1 heterocycles. The summed E-state index contributed by atoms with van der Waals surface area (Å²) in [5.41, 5.74) is 3.15. The van der Waals surface area contributed by atoms with Gasteiger partial charge in [0.25, 0.3) is 0 Å². The number of fused-ring (bicyclic) bond motifs is 1. The summed E-state index contributed by atoms with van der Waals surface area (Å²) in [5, 5.41) is 0. The quantitative estimate of drug-likeness (QED) is 0.574. The van der Waals surface area contributed by atoms with Crippen LogP contribution in [0.4, 0.5) is 0 Å². The summed E-state index contributed by atoms with van der Waals surface area (Å²) < 4.78 is 5.53. The van der Waals surface area contributed by atoms with Crippen LogP contribution in [-0.4, -0.2) is 0 Å². The van der Waals surface area contributed by atoms with E-state index in [9.17, 15) is 0 Å². The molecular weight excluding hydrogens is 148 g/mol. The summed E-state index contributed by atoms with van der Waals surface area (Å²) in [5.74, 6) is 1.24. The fourth-order valence-electron chi connectivity index (χ4n) is 1.96. The van der Waals surface area contributed by atoms with Gasteiger partial charge in [0.1, 0.15) is 5.76 Å². The zero-order chi connectivity index (χ0) is 8.77. The van der Waals surface area contributed by atoms with Gasteiger partial charge in [-0.15, -0.1) is 0 Å². The van der Waals surface area contributed by atoms with E-state index >= 15 is 0 Å². The maximum atomic E-state index is 5.53. The SMILES string of the molecule is CC(C)(C)c1coc2c1CCC2. The fourth-order valence-corrected chi connectivity index (χ4v) is 1.96. The molecule has 1 aliphatic carbocycles. The predicted molar refractivity (Wildman–Crippen MR) is 49.4 cm³/mol. The first kappa shape index (κ1) is 7.90. The first-order valence-electron chi connectivity index (χ1n) is 4.69. The molecule has 0 radical (unpaired) electrons. The van der Waals surface area contributed by atoms with E-state index in [1.54, 1.807) is 0 Å². The normalized spacial score (nSPS) is 16.6. The van der Waals surface area contributed by atoms with Crippen molar-refractivity contribution in [3.63, 3.8) is 0 Å². The molecule has 0 N–H and O–H groups in total. The van der Waals surface area contributed by atoms with Crippen molar-refractivity contribution in [2.45, 2.75) is 45.4 Å². The Bertz CT molecular complexity index is 288. The maximum Gasteiger partial charge on any atom is 0.107 e. The van der Waals surface area contributed by atoms with Crippen LogP contribution in [0.25, 0.3) is 0 Å². The number of furan rings is 1. The van der Waals surface area contributed by atoms with Crippen LogP contribution in [-0.2, 0) is 18.3 Å². The molecule has 0 spiro atoms. The number of aryl methyl sites for hydroxylation is 1. The lowest BCUT2D eigenvalue weighted by Crippen LogP contribution is -2.11. The fraction of sp³-hybridized carbons (Fsp3) is 0.636. The molecule has 1 nitrogen and oxygen atoms in total. The molecule has 2 rings (SSSR count). The van der Waals surface area contributed by atoms with Gasteiger partial charge in [0.05, 0.1) is 6.26 Å². The van der Waals surface area contributed by atoms with Gasteiger partial charge < -0.3 is 4.42 Å². The van der Waals surface area contributed by atoms with Gasteiger partial charge in [0, 0.05) is 6.42 Å². The van der Waals surface area contributed by atoms with Gasteiger partial charge in [0.15, 0.2) is 0 Å². The smallest absolute Gasteiger partial charge is 0.107 e. The van der Waals surface area contributed by atoms with Crippen molar-refractivity contribution in [3.05, 3.63) is 23.2 Å². The molecule has 12 heavy (non-hydrogen) atoms. The molecule has 0 bridgehead atoms. The Morgan fingerprint density at radius 2 is 2.00 bits per heavy atom. The summed E-state index contributed by atoms with van der Waals surface area (Å²) in [6.45, 7) is 6.74. The molecule has 1 aliphatic rings. The summed E-state index contributed by atoms with van der Waals surface area (Å²) in [6, 6.07) is 0. The summed E-state index contributed by atoms with van der Waals surface area (Å²) in [6.07, 6.45) is 5.59. The van der Waals surface area contributed by atoms with Crippen LogP contribution in [0.1, 0.15) is 44.1 Å². The Labute approximate surface area is 73.8 Å². The van der Waals surface area contributed by atoms with Gasteiger partial charge in [-0.2, -0.15) is 0 Å². The molecular formula is C11H16O. The highest BCUT2D eigenvalue weighted by atomic mass is 16.3. The maximum absolute atomic E-state index is 5.53. The van der Waals surface area contributed by atoms with Crippen molar-refractivity contribution < 1.29 is 4.42 Å². The molecule has 1 aromatic heterocycles. The molecule has 66 valence electrons. The second-order valence-corrected chi connectivity index (χ2v) is 4.65. The largest absolute Gasteiger partial charge is 0.469 e. The van der Waals surface area contributed by atoms with Gasteiger partial charge in [-0.3, -0.25) is 0 Å². The Morgan fingerprint density at radius 1 is 1.25 bits per heavy atom. The molecule has 0 unspecified atom stereocenters. The van der Waals surface area contributed by atoms with E-state index in [1.807, 2.05) is 6.26 Å². The van der Waals surface area contributed by atoms with Crippen molar-refractivity contribution in [1.29, 1.82) is 0 Å². The first-order chi connectivity index (χ1) is 5.59. The minimum absolute atomic E-state index is 0.251. The van der Waals surface area contributed by atoms with Gasteiger partial charge in [-0.25, -0.2) is 0 Å². The van der Waals surface area contributed by atoms with E-state index in [2.05, 4.69) is 20.8 Å². The van der Waals surface area contributed by atoms with Crippen LogP contribution in [0, 0.1) is 0 Å². The van der Waals surface area contributed by atoms with Crippen molar-refractivity contribution >= 4 is 0 Å². The lowest BCUT2D eigenvalue weighted by Gasteiger charge is -2.17. The first-order valence-corrected chi connectivity index (χ1v) is 4.69. The van der Waals surface area contributed by atoms with E-state index in [-0.39, 0.29) is 5.41 Å². The van der Waals surface area contributed by atoms with Crippen molar-refractivity contribution in [2.24, 2.45) is 0 Å². The topological polar surface area (TPSA) is 13.1 Å². The molecule has 0 atom stereocenters. The second kappa shape index (κ2) is 2.38. The monoisotopic (exact) mass is 164 g/mol. The lowest BCUT2D eigenvalue weighted by molar-refractivity contribution is 0.499. The van der Waals surface area contributed by atoms with Crippen LogP contribution in [0.5, 0.6) is 0 Å². The van der Waals surface area contributed by atoms with Gasteiger partial charge in [-0.05, 0) is 29.4 Å². The van der Waals surface area contributed by atoms with Crippen LogP contribution < -0.4 is 0 Å². The van der Waals surface area contributed by atoms with Gasteiger partial charge in [0.2, 0.25) is 0 Å². The zero-order valence-corrected chi connectivity index (χ0v) is 8.11. The molecule has 0 aliphatic heterocycles. The summed E-state index contributed by atoms with van der Waals surface area (Å²) >= 11 is 0. The Hall–Kier alpha value is -0.720. The van der Waals surface area contributed by atoms with E-state index in [0.29, 0.717) is 0 Å². The molecule has 0 aromatic carbocycles. The Morgan fingerprint density at radius 3 is 2.67 bits per heavy atom. The van der Waals surface area contributed by atoms with Crippen molar-refractivity contribution in [2.75, 3.05) is 0 Å². The molecule has 0 fully saturated rings. The molecule has 1 heteroatoms. The third-order valence-electron chi connectivity index (χ3n) is 2.62. The molecule has 0 saturated carbocycles. The van der Waals surface area contributed by atoms with Crippen LogP contribution in [0.3, 0.4) is 0 Å². The van der Waals surface area contributed by atoms with E-state index in [0.717, 1.165) is 6.42 Å². The van der Waals surface area contributed by atoms with Crippen molar-refractivity contribution in [1.82, 2.24) is 0 Å². The minimum Gasteiger partial charge on any atom is -0.469 e. The van der Waals surface area contributed by atoms with Crippen molar-refractivity contribution in [3.8, 4) is 0 Å². The number of rotatable bonds is 0. The average Bonchev–Trinajstić information content (AvgIpc) is 2.37. The Kier molecular flexibility index (Phi) is 1.57. The molecule has 0 saturated heterocycles. The van der Waals surface area contributed by atoms with Crippen LogP contribution >= 0.6 is 0 Å².